The van der Waals surface area contributed by atoms with Gasteiger partial charge < -0.3 is 25.2 Å². The van der Waals surface area contributed by atoms with Crippen LogP contribution in [0.4, 0.5) is 27.6 Å². The Morgan fingerprint density at radius 2 is 1.81 bits per heavy atom. The van der Waals surface area contributed by atoms with Crippen LogP contribution in [0.15, 0.2) is 48.7 Å². The molecule has 2 amide bonds. The normalized spacial score (nSPS) is 16.5. The number of H-pyrrole nitrogens is 1. The van der Waals surface area contributed by atoms with Gasteiger partial charge in [0.2, 0.25) is 5.91 Å². The first-order chi connectivity index (χ1) is 19.6. The Balaban J connectivity index is 0.000000616. The van der Waals surface area contributed by atoms with Crippen LogP contribution in [-0.2, 0) is 20.8 Å². The average Bonchev–Trinajstić information content (AvgIpc) is 3.34. The molecule has 0 bridgehead atoms. The van der Waals surface area contributed by atoms with Crippen molar-refractivity contribution in [3.05, 3.63) is 64.8 Å². The Kier molecular flexibility index (Phi) is 10.6. The minimum atomic E-state index is -5.08. The highest BCUT2D eigenvalue weighted by molar-refractivity contribution is 6.30. The van der Waals surface area contributed by atoms with Gasteiger partial charge in [0.1, 0.15) is 6.04 Å². The summed E-state index contributed by atoms with van der Waals surface area (Å²) in [5, 5.41) is 10.9. The van der Waals surface area contributed by atoms with E-state index in [1.165, 1.54) is 0 Å². The van der Waals surface area contributed by atoms with Crippen molar-refractivity contribution in [1.82, 2.24) is 15.2 Å². The van der Waals surface area contributed by atoms with Gasteiger partial charge >= 0.3 is 18.6 Å². The number of anilines is 1. The van der Waals surface area contributed by atoms with Crippen LogP contribution in [0.1, 0.15) is 24.0 Å². The number of aromatic nitrogens is 1. The van der Waals surface area contributed by atoms with Crippen molar-refractivity contribution in [1.29, 1.82) is 0 Å². The van der Waals surface area contributed by atoms with Gasteiger partial charge in [-0.05, 0) is 61.8 Å². The molecule has 228 valence electrons. The Morgan fingerprint density at radius 3 is 2.40 bits per heavy atom. The number of hydrogen-bond acceptors (Lipinski definition) is 4. The van der Waals surface area contributed by atoms with Gasteiger partial charge in [-0.2, -0.15) is 22.0 Å². The van der Waals surface area contributed by atoms with Crippen molar-refractivity contribution in [2.75, 3.05) is 32.1 Å². The molecule has 2 aromatic carbocycles. The van der Waals surface area contributed by atoms with Gasteiger partial charge in [-0.25, -0.2) is 4.79 Å². The fourth-order valence-corrected chi connectivity index (χ4v) is 5.19. The maximum atomic E-state index is 14.0. The molecule has 0 radical (unpaired) electrons. The van der Waals surface area contributed by atoms with E-state index in [2.05, 4.69) is 10.3 Å². The number of amides is 2. The summed E-state index contributed by atoms with van der Waals surface area (Å²) in [7, 11) is 3.93. The molecule has 2 heterocycles. The second-order valence-corrected chi connectivity index (χ2v) is 10.7. The zero-order valence-corrected chi connectivity index (χ0v) is 23.6. The first-order valence-electron chi connectivity index (χ1n) is 12.8. The van der Waals surface area contributed by atoms with Gasteiger partial charge in [0, 0.05) is 46.8 Å². The number of carbonyl (C=O) groups excluding carboxylic acids is 2. The van der Waals surface area contributed by atoms with E-state index < -0.39 is 42.3 Å². The van der Waals surface area contributed by atoms with E-state index in [0.717, 1.165) is 35.0 Å². The molecule has 3 N–H and O–H groups in total. The molecule has 2 unspecified atom stereocenters. The lowest BCUT2D eigenvalue weighted by molar-refractivity contribution is -0.192. The van der Waals surface area contributed by atoms with Crippen LogP contribution >= 0.6 is 11.6 Å². The monoisotopic (exact) mass is 616 g/mol. The number of carbonyl (C=O) groups is 3. The number of aliphatic carboxylic acids is 1. The predicted octanol–water partition coefficient (Wildman–Crippen LogP) is 5.08. The van der Waals surface area contributed by atoms with Crippen LogP contribution in [-0.4, -0.2) is 78.6 Å². The predicted molar refractivity (Wildman–Crippen MR) is 148 cm³/mol. The summed E-state index contributed by atoms with van der Waals surface area (Å²) in [5.41, 5.74) is 3.25. The second kappa shape index (κ2) is 13.5. The van der Waals surface area contributed by atoms with E-state index in [-0.39, 0.29) is 5.92 Å². The smallest absolute Gasteiger partial charge is 0.475 e. The number of carboxylic acid groups (broad SMARTS) is 1. The Morgan fingerprint density at radius 1 is 1.17 bits per heavy atom. The average molecular weight is 617 g/mol. The Labute approximate surface area is 243 Å². The number of carboxylic acids is 1. The zero-order valence-electron chi connectivity index (χ0n) is 22.9. The molecular formula is C28H30ClF5N4O4. The number of nitrogens with zero attached hydrogens (tertiary/aromatic N) is 2. The van der Waals surface area contributed by atoms with Crippen molar-refractivity contribution in [2.45, 2.75) is 37.9 Å². The molecule has 1 aromatic heterocycles. The lowest BCUT2D eigenvalue weighted by Crippen LogP contribution is -2.55. The first kappa shape index (κ1) is 32.8. The number of hydrogen-bond donors (Lipinski definition) is 3. The summed E-state index contributed by atoms with van der Waals surface area (Å²) in [5.74, 6) is -5.09. The third-order valence-corrected chi connectivity index (χ3v) is 7.02. The summed E-state index contributed by atoms with van der Waals surface area (Å²) < 4.78 is 58.3. The van der Waals surface area contributed by atoms with Crippen molar-refractivity contribution in [2.24, 2.45) is 5.92 Å². The van der Waals surface area contributed by atoms with Crippen molar-refractivity contribution in [3.63, 3.8) is 0 Å². The molecule has 0 fully saturated rings. The van der Waals surface area contributed by atoms with E-state index >= 15 is 0 Å². The molecule has 0 spiro atoms. The molecule has 42 heavy (non-hydrogen) atoms. The summed E-state index contributed by atoms with van der Waals surface area (Å²) >= 11 is 6.24. The molecule has 0 saturated carbocycles. The molecule has 3 aromatic rings. The summed E-state index contributed by atoms with van der Waals surface area (Å²) in [6, 6.07) is 11.7. The number of fused-ring (bicyclic) bond motifs is 2. The number of benzene rings is 2. The van der Waals surface area contributed by atoms with Gasteiger partial charge in [-0.1, -0.05) is 36.7 Å². The van der Waals surface area contributed by atoms with E-state index in [4.69, 9.17) is 21.5 Å². The largest absolute Gasteiger partial charge is 0.490 e. The minimum absolute atomic E-state index is 0.120. The molecule has 4 rings (SSSR count). The molecule has 1 aliphatic rings. The number of halogens is 6. The van der Waals surface area contributed by atoms with Crippen LogP contribution in [0.5, 0.6) is 0 Å². The number of aromatic amines is 1. The number of rotatable bonds is 7. The van der Waals surface area contributed by atoms with Gasteiger partial charge in [-0.3, -0.25) is 9.59 Å². The van der Waals surface area contributed by atoms with E-state index in [1.54, 1.807) is 30.2 Å². The maximum absolute atomic E-state index is 14.0. The molecular weight excluding hydrogens is 587 g/mol. The lowest BCUT2D eigenvalue weighted by Gasteiger charge is -2.38. The highest BCUT2D eigenvalue weighted by Gasteiger charge is 2.39. The van der Waals surface area contributed by atoms with Gasteiger partial charge in [-0.15, -0.1) is 0 Å². The highest BCUT2D eigenvalue weighted by atomic mass is 35.5. The highest BCUT2D eigenvalue weighted by Crippen LogP contribution is 2.35. The standard InChI is InChI=1S/C26H29ClF2N4O2.C2HF3O2/c1-15(20-12-30-21-7-5-4-6-19(20)21)23(31-25(34)24(28)29)26(35)33-14-16(13-32(2)3)10-17-11-18(27)8-9-22(17)33;3-2(4,5)1(6)7/h4-9,11-12,15-16,23-24,30H,10,13-14H2,1-3H3,(H,31,34);(H,6,7)/t15?,16-,23?;/m1./s1. The van der Waals surface area contributed by atoms with Gasteiger partial charge in [0.25, 0.3) is 5.91 Å². The van der Waals surface area contributed by atoms with Crippen LogP contribution in [0.2, 0.25) is 5.02 Å². The Hall–Kier alpha value is -3.71. The van der Waals surface area contributed by atoms with Crippen LogP contribution in [0.3, 0.4) is 0 Å². The lowest BCUT2D eigenvalue weighted by atomic mass is 9.88. The fourth-order valence-electron chi connectivity index (χ4n) is 5.00. The van der Waals surface area contributed by atoms with E-state index in [9.17, 15) is 31.5 Å². The van der Waals surface area contributed by atoms with Crippen molar-refractivity contribution in [3.8, 4) is 0 Å². The molecule has 0 saturated heterocycles. The van der Waals surface area contributed by atoms with E-state index in [1.807, 2.05) is 49.3 Å². The minimum Gasteiger partial charge on any atom is -0.475 e. The molecule has 3 atom stereocenters. The third-order valence-electron chi connectivity index (χ3n) is 6.79. The van der Waals surface area contributed by atoms with Crippen LogP contribution < -0.4 is 10.2 Å². The first-order valence-corrected chi connectivity index (χ1v) is 13.2. The summed E-state index contributed by atoms with van der Waals surface area (Å²) in [4.78, 5) is 41.9. The van der Waals surface area contributed by atoms with Crippen LogP contribution in [0.25, 0.3) is 10.9 Å². The SMILES string of the molecule is CC(c1c[nH]c2ccccc12)C(NC(=O)C(F)F)C(=O)N1C[C@@H](CN(C)C)Cc2cc(Cl)ccc21.O=C(O)C(F)(F)F. The van der Waals surface area contributed by atoms with Gasteiger partial charge in [0.05, 0.1) is 0 Å². The number of para-hydroxylation sites is 1. The van der Waals surface area contributed by atoms with E-state index in [0.29, 0.717) is 17.3 Å². The number of nitrogens with one attached hydrogen (secondary N) is 2. The van der Waals surface area contributed by atoms with Crippen molar-refractivity contribution < 1.29 is 41.4 Å². The fraction of sp³-hybridized carbons (Fsp3) is 0.393. The molecule has 0 aliphatic carbocycles. The number of alkyl halides is 5. The summed E-state index contributed by atoms with van der Waals surface area (Å²) in [6.45, 7) is 2.92. The van der Waals surface area contributed by atoms with Crippen LogP contribution in [0, 0.1) is 5.92 Å². The third kappa shape index (κ3) is 7.97. The molecule has 1 aliphatic heterocycles. The zero-order chi connectivity index (χ0) is 31.4. The maximum Gasteiger partial charge on any atom is 0.490 e. The molecule has 14 heteroatoms. The van der Waals surface area contributed by atoms with Crippen molar-refractivity contribution >= 4 is 46.0 Å². The molecule has 8 nitrogen and oxygen atoms in total. The summed E-state index contributed by atoms with van der Waals surface area (Å²) in [6.07, 6.45) is -5.80. The quantitative estimate of drug-likeness (QED) is 0.321. The topological polar surface area (TPSA) is 106 Å². The Bertz CT molecular complexity index is 1430. The van der Waals surface area contributed by atoms with Gasteiger partial charge in [0.15, 0.2) is 0 Å². The second-order valence-electron chi connectivity index (χ2n) is 10.2.